The van der Waals surface area contributed by atoms with E-state index >= 15 is 0 Å². The number of piperazine rings is 1. The first kappa shape index (κ1) is 32.9. The highest BCUT2D eigenvalue weighted by atomic mass is 19.4. The third-order valence-corrected chi connectivity index (χ3v) is 6.50. The highest BCUT2D eigenvalue weighted by Crippen LogP contribution is 2.37. The van der Waals surface area contributed by atoms with E-state index in [0.29, 0.717) is 25.0 Å². The molecular weight excluding hydrogens is 658 g/mol. The first-order chi connectivity index (χ1) is 22.0. The van der Waals surface area contributed by atoms with Gasteiger partial charge in [0.05, 0.1) is 11.9 Å². The predicted molar refractivity (Wildman–Crippen MR) is 144 cm³/mol. The summed E-state index contributed by atoms with van der Waals surface area (Å²) < 4.78 is 116. The number of hydrogen-bond donors (Lipinski definition) is 2. The molecule has 0 bridgehead atoms. The van der Waals surface area contributed by atoms with Crippen molar-refractivity contribution in [2.75, 3.05) is 48.8 Å². The first-order valence-electron chi connectivity index (χ1n) is 13.1. The van der Waals surface area contributed by atoms with Gasteiger partial charge >= 0.3 is 30.0 Å². The van der Waals surface area contributed by atoms with Crippen molar-refractivity contribution in [1.29, 1.82) is 0 Å². The number of alkyl halides is 6. The van der Waals surface area contributed by atoms with Crippen LogP contribution in [0.25, 0.3) is 11.1 Å². The fourth-order valence-corrected chi connectivity index (χ4v) is 4.29. The summed E-state index contributed by atoms with van der Waals surface area (Å²) in [6, 6.07) is 5.55. The molecule has 1 saturated heterocycles. The molecule has 4 aromatic rings. The SMILES string of the molecule is CN1CCN(c2cc(F)cc(Nc3ncc(F)c(Nc4ccc5oc(=O)n(OC(=O)C(F)(F)F)c5c4OC(=O)C(F)(F)F)n3)c2)CC1. The number of nitrogens with zero attached hydrogens (tertiary/aromatic N) is 5. The number of esters is 1. The Morgan fingerprint density at radius 3 is 2.28 bits per heavy atom. The topological polar surface area (TPSA) is 144 Å². The Morgan fingerprint density at radius 2 is 1.62 bits per heavy atom. The normalized spacial score (nSPS) is 14.3. The Hall–Kier alpha value is -5.47. The fourth-order valence-electron chi connectivity index (χ4n) is 4.29. The minimum atomic E-state index is -5.68. The molecule has 2 aromatic heterocycles. The van der Waals surface area contributed by atoms with Crippen molar-refractivity contribution in [2.24, 2.45) is 0 Å². The van der Waals surface area contributed by atoms with Crippen molar-refractivity contribution >= 4 is 51.9 Å². The molecule has 13 nitrogen and oxygen atoms in total. The van der Waals surface area contributed by atoms with Gasteiger partial charge in [-0.1, -0.05) is 4.73 Å². The molecule has 0 atom stereocenters. The molecule has 0 spiro atoms. The molecule has 1 aliphatic heterocycles. The van der Waals surface area contributed by atoms with Crippen LogP contribution in [0.2, 0.25) is 0 Å². The van der Waals surface area contributed by atoms with Gasteiger partial charge in [0.2, 0.25) is 5.95 Å². The van der Waals surface area contributed by atoms with Gasteiger partial charge in [-0.15, -0.1) is 0 Å². The summed E-state index contributed by atoms with van der Waals surface area (Å²) in [6.45, 7) is 2.65. The molecule has 5 rings (SSSR count). The quantitative estimate of drug-likeness (QED) is 0.166. The van der Waals surface area contributed by atoms with Gasteiger partial charge in [-0.3, -0.25) is 0 Å². The van der Waals surface area contributed by atoms with Crippen LogP contribution >= 0.6 is 0 Å². The second-order valence-corrected chi connectivity index (χ2v) is 9.84. The zero-order chi connectivity index (χ0) is 34.3. The van der Waals surface area contributed by atoms with Crippen LogP contribution in [0, 0.1) is 11.6 Å². The smallest absolute Gasteiger partial charge is 0.415 e. The molecule has 3 heterocycles. The van der Waals surface area contributed by atoms with Gasteiger partial charge in [0, 0.05) is 37.6 Å². The highest BCUT2D eigenvalue weighted by molar-refractivity contribution is 5.92. The Bertz CT molecular complexity index is 1900. The number of anilines is 5. The lowest BCUT2D eigenvalue weighted by atomic mass is 10.2. The molecule has 0 saturated carbocycles. The lowest BCUT2D eigenvalue weighted by molar-refractivity contribution is -0.200. The van der Waals surface area contributed by atoms with Crippen molar-refractivity contribution in [3.8, 4) is 5.75 Å². The number of nitrogens with one attached hydrogen (secondary N) is 2. The second kappa shape index (κ2) is 12.4. The average molecular weight is 677 g/mol. The number of likely N-dealkylation sites (N-methyl/N-ethyl adjacent to an activating group) is 1. The maximum Gasteiger partial charge on any atom is 0.493 e. The van der Waals surface area contributed by atoms with Crippen molar-refractivity contribution < 1.29 is 58.7 Å². The Morgan fingerprint density at radius 1 is 0.936 bits per heavy atom. The molecule has 21 heteroatoms. The van der Waals surface area contributed by atoms with E-state index < -0.39 is 74.8 Å². The zero-order valence-corrected chi connectivity index (χ0v) is 23.5. The first-order valence-corrected chi connectivity index (χ1v) is 13.1. The van der Waals surface area contributed by atoms with E-state index in [4.69, 9.17) is 0 Å². The van der Waals surface area contributed by atoms with Crippen molar-refractivity contribution in [1.82, 2.24) is 19.6 Å². The van der Waals surface area contributed by atoms with Crippen molar-refractivity contribution in [3.63, 3.8) is 0 Å². The summed E-state index contributed by atoms with van der Waals surface area (Å²) in [5.41, 5.74) is -2.12. The Kier molecular flexibility index (Phi) is 8.67. The third-order valence-electron chi connectivity index (χ3n) is 6.50. The molecule has 0 amide bonds. The number of rotatable bonds is 7. The number of halogens is 8. The molecule has 47 heavy (non-hydrogen) atoms. The molecular formula is C26H19F8N7O6. The average Bonchev–Trinajstić information content (AvgIpc) is 3.29. The summed E-state index contributed by atoms with van der Waals surface area (Å²) in [5, 5.41) is 4.86. The fraction of sp³-hybridized carbons (Fsp3) is 0.269. The summed E-state index contributed by atoms with van der Waals surface area (Å²) in [5.74, 6) is -12.1. The van der Waals surface area contributed by atoms with E-state index in [-0.39, 0.29) is 11.6 Å². The Balaban J connectivity index is 1.52. The maximum absolute atomic E-state index is 14.8. The largest absolute Gasteiger partial charge is 0.493 e. The van der Waals surface area contributed by atoms with Crippen LogP contribution < -0.4 is 30.9 Å². The Labute approximate surface area is 256 Å². The maximum atomic E-state index is 14.8. The number of oxazole rings is 1. The van der Waals surface area contributed by atoms with Crippen molar-refractivity contribution in [2.45, 2.75) is 12.4 Å². The van der Waals surface area contributed by atoms with E-state index in [1.54, 1.807) is 6.07 Å². The van der Waals surface area contributed by atoms with Crippen LogP contribution in [-0.2, 0) is 9.59 Å². The van der Waals surface area contributed by atoms with Gasteiger partial charge in [0.15, 0.2) is 28.5 Å². The standard InChI is InChI=1S/C26H19F8N7O6/c1-39-4-6-40(7-5-39)14-9-12(27)8-13(10-14)36-23-35-11-15(28)20(38-23)37-16-2-3-17-18(19(16)46-21(42)25(29,30)31)41(24(44)45-17)47-22(43)26(32,33)34/h2-3,8-11H,4-7H2,1H3,(H2,35,36,37,38). The summed E-state index contributed by atoms with van der Waals surface area (Å²) in [7, 11) is 1.94. The molecule has 1 aliphatic rings. The van der Waals surface area contributed by atoms with Gasteiger partial charge in [-0.2, -0.15) is 31.3 Å². The van der Waals surface area contributed by atoms with Gasteiger partial charge < -0.3 is 34.4 Å². The third kappa shape index (κ3) is 7.34. The lowest BCUT2D eigenvalue weighted by Gasteiger charge is -2.34. The van der Waals surface area contributed by atoms with Gasteiger partial charge in [-0.25, -0.2) is 28.1 Å². The lowest BCUT2D eigenvalue weighted by Crippen LogP contribution is -2.44. The number of hydrogen-bond acceptors (Lipinski definition) is 12. The van der Waals surface area contributed by atoms with E-state index in [0.717, 1.165) is 31.3 Å². The number of carbonyl (C=O) groups excluding carboxylic acids is 2. The number of carbonyl (C=O) groups is 2. The van der Waals surface area contributed by atoms with Gasteiger partial charge in [-0.05, 0) is 37.4 Å². The number of ether oxygens (including phenoxy) is 1. The molecule has 1 fully saturated rings. The summed E-state index contributed by atoms with van der Waals surface area (Å²) in [6.07, 6.45) is -10.7. The molecule has 0 aliphatic carbocycles. The number of benzene rings is 2. The van der Waals surface area contributed by atoms with E-state index in [1.165, 1.54) is 6.07 Å². The van der Waals surface area contributed by atoms with Gasteiger partial charge in [0.25, 0.3) is 0 Å². The highest BCUT2D eigenvalue weighted by Gasteiger charge is 2.44. The zero-order valence-electron chi connectivity index (χ0n) is 23.5. The summed E-state index contributed by atoms with van der Waals surface area (Å²) in [4.78, 5) is 50.9. The molecule has 250 valence electrons. The molecule has 2 aromatic carbocycles. The molecule has 0 radical (unpaired) electrons. The minimum Gasteiger partial charge on any atom is -0.415 e. The summed E-state index contributed by atoms with van der Waals surface area (Å²) >= 11 is 0. The number of fused-ring (bicyclic) bond motifs is 1. The van der Waals surface area contributed by atoms with Crippen LogP contribution in [0.3, 0.4) is 0 Å². The molecule has 2 N–H and O–H groups in total. The monoisotopic (exact) mass is 677 g/mol. The van der Waals surface area contributed by atoms with Gasteiger partial charge in [0.1, 0.15) is 5.82 Å². The van der Waals surface area contributed by atoms with E-state index in [2.05, 4.69) is 39.5 Å². The van der Waals surface area contributed by atoms with Crippen LogP contribution in [0.5, 0.6) is 5.75 Å². The number of aromatic nitrogens is 3. The predicted octanol–water partition coefficient (Wildman–Crippen LogP) is 3.89. The van der Waals surface area contributed by atoms with Crippen LogP contribution in [-0.4, -0.2) is 77.1 Å². The van der Waals surface area contributed by atoms with Crippen LogP contribution in [0.4, 0.5) is 64.0 Å². The van der Waals surface area contributed by atoms with E-state index in [9.17, 15) is 49.5 Å². The van der Waals surface area contributed by atoms with Crippen LogP contribution in [0.15, 0.2) is 45.7 Å². The van der Waals surface area contributed by atoms with Crippen molar-refractivity contribution in [3.05, 3.63) is 58.7 Å². The van der Waals surface area contributed by atoms with E-state index in [1.807, 2.05) is 11.9 Å². The molecule has 0 unspecified atom stereocenters. The minimum absolute atomic E-state index is 0.131. The second-order valence-electron chi connectivity index (χ2n) is 9.84. The van der Waals surface area contributed by atoms with Crippen LogP contribution in [0.1, 0.15) is 0 Å².